The third-order valence-corrected chi connectivity index (χ3v) is 7.77. The Hall–Kier alpha value is -0.990. The van der Waals surface area contributed by atoms with E-state index < -0.39 is 26.5 Å². The van der Waals surface area contributed by atoms with E-state index in [-0.39, 0.29) is 32.1 Å². The van der Waals surface area contributed by atoms with Crippen LogP contribution in [0, 0.1) is 0 Å². The van der Waals surface area contributed by atoms with E-state index >= 15 is 0 Å². The lowest BCUT2D eigenvalue weighted by Gasteiger charge is -2.15. The van der Waals surface area contributed by atoms with Crippen molar-refractivity contribution in [1.82, 2.24) is 5.32 Å². The van der Waals surface area contributed by atoms with Crippen LogP contribution in [0.25, 0.3) is 0 Å². The minimum Gasteiger partial charge on any atom is -0.463 e. The summed E-state index contributed by atoms with van der Waals surface area (Å²) in [6.45, 7) is 3.44. The number of hydrogen-bond donors (Lipinski definition) is 3. The Morgan fingerprint density at radius 2 is 1.12 bits per heavy atom. The molecule has 40 heavy (non-hydrogen) atoms. The zero-order valence-corrected chi connectivity index (χ0v) is 26.4. The number of unbranched alkanes of at least 4 members (excludes halogenated alkanes) is 17. The highest BCUT2D eigenvalue weighted by Crippen LogP contribution is 2.42. The van der Waals surface area contributed by atoms with Crippen molar-refractivity contribution in [3.05, 3.63) is 0 Å². The molecule has 10 heteroatoms. The molecule has 2 atom stereocenters. The third kappa shape index (κ3) is 28.5. The van der Waals surface area contributed by atoms with Crippen molar-refractivity contribution < 1.29 is 37.9 Å². The zero-order chi connectivity index (χ0) is 29.7. The second-order valence-corrected chi connectivity index (χ2v) is 12.2. The molecule has 0 bridgehead atoms. The fraction of sp³-hybridized carbons (Fsp3) is 0.933. The smallest absolute Gasteiger partial charge is 0.463 e. The van der Waals surface area contributed by atoms with Crippen LogP contribution in [-0.4, -0.2) is 54.3 Å². The molecule has 0 radical (unpaired) electrons. The number of phosphoric acid groups is 1. The highest BCUT2D eigenvalue weighted by Gasteiger charge is 2.23. The summed E-state index contributed by atoms with van der Waals surface area (Å²) in [4.78, 5) is 33.3. The molecule has 0 aliphatic heterocycles. The Kier molecular flexibility index (Phi) is 27.4. The van der Waals surface area contributed by atoms with Gasteiger partial charge in [-0.25, -0.2) is 4.57 Å². The van der Waals surface area contributed by atoms with Gasteiger partial charge in [-0.1, -0.05) is 123 Å². The molecule has 238 valence electrons. The third-order valence-electron chi connectivity index (χ3n) is 6.79. The van der Waals surface area contributed by atoms with Crippen molar-refractivity contribution in [3.8, 4) is 0 Å². The molecule has 9 nitrogen and oxygen atoms in total. The van der Waals surface area contributed by atoms with Crippen LogP contribution in [0.2, 0.25) is 0 Å². The van der Waals surface area contributed by atoms with Gasteiger partial charge in [0.2, 0.25) is 5.91 Å². The van der Waals surface area contributed by atoms with Crippen LogP contribution >= 0.6 is 7.82 Å². The summed E-state index contributed by atoms with van der Waals surface area (Å²) >= 11 is 0. The van der Waals surface area contributed by atoms with Crippen LogP contribution in [0.4, 0.5) is 0 Å². The summed E-state index contributed by atoms with van der Waals surface area (Å²) in [6, 6.07) is 0. The van der Waals surface area contributed by atoms with Crippen molar-refractivity contribution in [1.29, 1.82) is 0 Å². The fourth-order valence-electron chi connectivity index (χ4n) is 4.32. The number of aliphatic hydroxyl groups excluding tert-OH is 1. The second kappa shape index (κ2) is 28.1. The number of rotatable bonds is 30. The summed E-state index contributed by atoms with van der Waals surface area (Å²) in [5, 5.41) is 12.5. The first kappa shape index (κ1) is 39.0. The first-order valence-corrected chi connectivity index (χ1v) is 17.5. The van der Waals surface area contributed by atoms with Gasteiger partial charge >= 0.3 is 13.8 Å². The Bertz CT molecular complexity index is 649. The maximum absolute atomic E-state index is 11.9. The van der Waals surface area contributed by atoms with Crippen molar-refractivity contribution in [3.63, 3.8) is 0 Å². The summed E-state index contributed by atoms with van der Waals surface area (Å²) < 4.78 is 26.5. The molecular weight excluding hydrogens is 533 g/mol. The van der Waals surface area contributed by atoms with Gasteiger partial charge in [0.1, 0.15) is 12.7 Å². The van der Waals surface area contributed by atoms with Crippen LogP contribution in [0.15, 0.2) is 0 Å². The largest absolute Gasteiger partial charge is 0.472 e. The average Bonchev–Trinajstić information content (AvgIpc) is 2.93. The van der Waals surface area contributed by atoms with E-state index in [9.17, 15) is 24.2 Å². The van der Waals surface area contributed by atoms with Gasteiger partial charge in [0.15, 0.2) is 0 Å². The van der Waals surface area contributed by atoms with Crippen molar-refractivity contribution in [2.75, 3.05) is 26.4 Å². The fourth-order valence-corrected chi connectivity index (χ4v) is 5.08. The summed E-state index contributed by atoms with van der Waals surface area (Å²) in [6.07, 6.45) is 22.2. The molecule has 0 saturated heterocycles. The summed E-state index contributed by atoms with van der Waals surface area (Å²) in [7, 11) is -4.39. The van der Waals surface area contributed by atoms with E-state index in [2.05, 4.69) is 19.2 Å². The molecule has 2 unspecified atom stereocenters. The van der Waals surface area contributed by atoms with E-state index in [1.807, 2.05) is 0 Å². The predicted octanol–water partition coefficient (Wildman–Crippen LogP) is 7.37. The van der Waals surface area contributed by atoms with Gasteiger partial charge in [-0.2, -0.15) is 0 Å². The number of phosphoric ester groups is 1. The monoisotopic (exact) mass is 593 g/mol. The molecule has 0 heterocycles. The van der Waals surface area contributed by atoms with E-state index in [0.29, 0.717) is 6.42 Å². The van der Waals surface area contributed by atoms with Crippen LogP contribution in [0.5, 0.6) is 0 Å². The number of carbonyl (C=O) groups excluding carboxylic acids is 2. The predicted molar refractivity (Wildman–Crippen MR) is 160 cm³/mol. The average molecular weight is 594 g/mol. The first-order chi connectivity index (χ1) is 19.3. The quantitative estimate of drug-likeness (QED) is 0.0447. The van der Waals surface area contributed by atoms with Crippen molar-refractivity contribution in [2.24, 2.45) is 0 Å². The Balaban J connectivity index is 3.59. The molecule has 1 amide bonds. The van der Waals surface area contributed by atoms with Gasteiger partial charge in [-0.15, -0.1) is 0 Å². The normalized spacial score (nSPS) is 13.6. The molecule has 0 aromatic carbocycles. The molecule has 0 fully saturated rings. The number of nitrogens with one attached hydrogen (secondary N) is 1. The lowest BCUT2D eigenvalue weighted by atomic mass is 10.0. The zero-order valence-electron chi connectivity index (χ0n) is 25.5. The lowest BCUT2D eigenvalue weighted by molar-refractivity contribution is -0.147. The van der Waals surface area contributed by atoms with E-state index in [1.165, 1.54) is 70.6 Å². The highest BCUT2D eigenvalue weighted by atomic mass is 31.2. The highest BCUT2D eigenvalue weighted by molar-refractivity contribution is 7.47. The van der Waals surface area contributed by atoms with Gasteiger partial charge in [0, 0.05) is 19.4 Å². The molecule has 0 aliphatic carbocycles. The van der Waals surface area contributed by atoms with Gasteiger partial charge in [-0.05, 0) is 12.8 Å². The molecular formula is C30H60NO8P. The minimum atomic E-state index is -4.39. The van der Waals surface area contributed by atoms with Gasteiger partial charge in [-0.3, -0.25) is 18.6 Å². The number of ether oxygens (including phenoxy) is 1. The van der Waals surface area contributed by atoms with Crippen molar-refractivity contribution in [2.45, 2.75) is 155 Å². The van der Waals surface area contributed by atoms with E-state index in [0.717, 1.165) is 51.4 Å². The number of esters is 1. The van der Waals surface area contributed by atoms with Gasteiger partial charge in [0.05, 0.1) is 13.2 Å². The topological polar surface area (TPSA) is 131 Å². The standard InChI is InChI=1S/C30H60NO8P/c1-3-5-7-9-10-11-12-13-14-15-16-17-19-20-22-29(33)31-24-25-38-40(35,36)39-27-28(32)26-37-30(34)23-21-18-8-6-4-2/h28,32H,3-27H2,1-2H3,(H,31,33)(H,35,36). The molecule has 0 rings (SSSR count). The Labute approximate surface area is 244 Å². The summed E-state index contributed by atoms with van der Waals surface area (Å²) in [5.74, 6) is -0.525. The SMILES string of the molecule is CCCCCCCCCCCCCCCCC(=O)NCCOP(=O)(O)OCC(O)COC(=O)CCCCCCC. The first-order valence-electron chi connectivity index (χ1n) is 16.0. The van der Waals surface area contributed by atoms with Crippen LogP contribution in [0.3, 0.4) is 0 Å². The maximum atomic E-state index is 11.9. The van der Waals surface area contributed by atoms with E-state index in [1.54, 1.807) is 0 Å². The summed E-state index contributed by atoms with van der Waals surface area (Å²) in [5.41, 5.74) is 0. The van der Waals surface area contributed by atoms with E-state index in [4.69, 9.17) is 13.8 Å². The molecule has 0 aromatic heterocycles. The molecule has 0 aromatic rings. The number of aliphatic hydroxyl groups is 1. The van der Waals surface area contributed by atoms with Gasteiger partial charge in [0.25, 0.3) is 0 Å². The number of carbonyl (C=O) groups is 2. The Morgan fingerprint density at radius 3 is 1.62 bits per heavy atom. The molecule has 0 saturated carbocycles. The Morgan fingerprint density at radius 1 is 0.675 bits per heavy atom. The lowest BCUT2D eigenvalue weighted by Crippen LogP contribution is -2.27. The number of hydrogen-bond acceptors (Lipinski definition) is 7. The van der Waals surface area contributed by atoms with Crippen LogP contribution < -0.4 is 5.32 Å². The van der Waals surface area contributed by atoms with Gasteiger partial charge < -0.3 is 20.1 Å². The van der Waals surface area contributed by atoms with Crippen LogP contribution in [-0.2, 0) is 27.9 Å². The van der Waals surface area contributed by atoms with Crippen molar-refractivity contribution >= 4 is 19.7 Å². The van der Waals surface area contributed by atoms with Crippen LogP contribution in [0.1, 0.15) is 149 Å². The molecule has 0 spiro atoms. The number of amides is 1. The molecule has 3 N–H and O–H groups in total. The minimum absolute atomic E-state index is 0.0871. The molecule has 0 aliphatic rings. The maximum Gasteiger partial charge on any atom is 0.472 e. The second-order valence-electron chi connectivity index (χ2n) is 10.8.